The molecule has 100 valence electrons. The SMILES string of the molecule is O=C(O)c1cc(I)ccc1NC(=O)C1CC=CCC1. The van der Waals surface area contributed by atoms with E-state index in [1.54, 1.807) is 18.2 Å². The summed E-state index contributed by atoms with van der Waals surface area (Å²) in [4.78, 5) is 23.3. The van der Waals surface area contributed by atoms with E-state index >= 15 is 0 Å². The first-order chi connectivity index (χ1) is 9.08. The zero-order valence-electron chi connectivity index (χ0n) is 10.2. The smallest absolute Gasteiger partial charge is 0.337 e. The van der Waals surface area contributed by atoms with Crippen LogP contribution in [0.2, 0.25) is 0 Å². The zero-order chi connectivity index (χ0) is 13.8. The summed E-state index contributed by atoms with van der Waals surface area (Å²) in [5, 5.41) is 11.9. The van der Waals surface area contributed by atoms with Gasteiger partial charge in [0, 0.05) is 9.49 Å². The lowest BCUT2D eigenvalue weighted by molar-refractivity contribution is -0.120. The number of anilines is 1. The number of amides is 1. The third kappa shape index (κ3) is 3.56. The van der Waals surface area contributed by atoms with Crippen molar-refractivity contribution in [2.45, 2.75) is 19.3 Å². The van der Waals surface area contributed by atoms with E-state index in [9.17, 15) is 9.59 Å². The van der Waals surface area contributed by atoms with Gasteiger partial charge in [0.2, 0.25) is 5.91 Å². The molecule has 0 spiro atoms. The van der Waals surface area contributed by atoms with Gasteiger partial charge in [-0.15, -0.1) is 0 Å². The van der Waals surface area contributed by atoms with Crippen LogP contribution < -0.4 is 5.32 Å². The van der Waals surface area contributed by atoms with Crippen molar-refractivity contribution >= 4 is 40.2 Å². The van der Waals surface area contributed by atoms with Gasteiger partial charge >= 0.3 is 5.97 Å². The first-order valence-corrected chi connectivity index (χ1v) is 7.14. The molecule has 0 radical (unpaired) electrons. The molecule has 0 aliphatic heterocycles. The summed E-state index contributed by atoms with van der Waals surface area (Å²) in [6, 6.07) is 4.98. The number of allylic oxidation sites excluding steroid dienone is 2. The number of aromatic carboxylic acids is 1. The van der Waals surface area contributed by atoms with Crippen molar-refractivity contribution in [2.24, 2.45) is 5.92 Å². The highest BCUT2D eigenvalue weighted by molar-refractivity contribution is 14.1. The summed E-state index contributed by atoms with van der Waals surface area (Å²) in [6.07, 6.45) is 6.50. The fourth-order valence-electron chi connectivity index (χ4n) is 2.07. The topological polar surface area (TPSA) is 66.4 Å². The molecule has 1 aromatic rings. The zero-order valence-corrected chi connectivity index (χ0v) is 12.4. The number of halogens is 1. The Labute approximate surface area is 125 Å². The molecule has 2 N–H and O–H groups in total. The van der Waals surface area contributed by atoms with Crippen molar-refractivity contribution in [3.8, 4) is 0 Å². The second kappa shape index (κ2) is 6.18. The normalized spacial score (nSPS) is 18.1. The summed E-state index contributed by atoms with van der Waals surface area (Å²) in [5.41, 5.74) is 0.499. The molecule has 0 fully saturated rings. The van der Waals surface area contributed by atoms with Gasteiger partial charge in [-0.3, -0.25) is 4.79 Å². The summed E-state index contributed by atoms with van der Waals surface area (Å²) in [6.45, 7) is 0. The lowest BCUT2D eigenvalue weighted by Crippen LogP contribution is -2.24. The van der Waals surface area contributed by atoms with Crippen molar-refractivity contribution in [3.63, 3.8) is 0 Å². The predicted octanol–water partition coefficient (Wildman–Crippen LogP) is 3.28. The highest BCUT2D eigenvalue weighted by Crippen LogP contribution is 2.23. The highest BCUT2D eigenvalue weighted by atomic mass is 127. The summed E-state index contributed by atoms with van der Waals surface area (Å²) in [7, 11) is 0. The number of carboxylic acid groups (broad SMARTS) is 1. The van der Waals surface area contributed by atoms with Crippen molar-refractivity contribution < 1.29 is 14.7 Å². The van der Waals surface area contributed by atoms with Crippen molar-refractivity contribution in [1.29, 1.82) is 0 Å². The van der Waals surface area contributed by atoms with Crippen LogP contribution in [0, 0.1) is 9.49 Å². The lowest BCUT2D eigenvalue weighted by atomic mass is 9.93. The minimum Gasteiger partial charge on any atom is -0.478 e. The molecule has 19 heavy (non-hydrogen) atoms. The number of benzene rings is 1. The number of carboxylic acids is 1. The van der Waals surface area contributed by atoms with Crippen LogP contribution in [0.1, 0.15) is 29.6 Å². The Morgan fingerprint density at radius 2 is 2.11 bits per heavy atom. The van der Waals surface area contributed by atoms with Crippen LogP contribution in [0.15, 0.2) is 30.4 Å². The predicted molar refractivity (Wildman–Crippen MR) is 81.2 cm³/mol. The monoisotopic (exact) mass is 371 g/mol. The molecule has 1 aliphatic rings. The first-order valence-electron chi connectivity index (χ1n) is 6.06. The van der Waals surface area contributed by atoms with Gasteiger partial charge < -0.3 is 10.4 Å². The maximum absolute atomic E-state index is 12.1. The van der Waals surface area contributed by atoms with Gasteiger partial charge in [-0.2, -0.15) is 0 Å². The van der Waals surface area contributed by atoms with E-state index in [-0.39, 0.29) is 17.4 Å². The van der Waals surface area contributed by atoms with Gasteiger partial charge in [-0.05, 0) is 60.1 Å². The van der Waals surface area contributed by atoms with E-state index < -0.39 is 5.97 Å². The summed E-state index contributed by atoms with van der Waals surface area (Å²) in [5.74, 6) is -1.20. The van der Waals surface area contributed by atoms with Crippen LogP contribution in [0.3, 0.4) is 0 Å². The van der Waals surface area contributed by atoms with E-state index in [0.29, 0.717) is 5.69 Å². The second-order valence-corrected chi connectivity index (χ2v) is 5.71. The highest BCUT2D eigenvalue weighted by Gasteiger charge is 2.20. The Balaban J connectivity index is 2.16. The quantitative estimate of drug-likeness (QED) is 0.633. The van der Waals surface area contributed by atoms with Gasteiger partial charge in [0.25, 0.3) is 0 Å². The average Bonchev–Trinajstić information content (AvgIpc) is 2.41. The minimum absolute atomic E-state index is 0.0640. The van der Waals surface area contributed by atoms with E-state index in [1.807, 2.05) is 28.7 Å². The average molecular weight is 371 g/mol. The standard InChI is InChI=1S/C14H14INO3/c15-10-6-7-12(11(8-10)14(18)19)16-13(17)9-4-2-1-3-5-9/h1-2,6-9H,3-5H2,(H,16,17)(H,18,19). The third-order valence-corrected chi connectivity index (χ3v) is 3.78. The Morgan fingerprint density at radius 1 is 1.32 bits per heavy atom. The Morgan fingerprint density at radius 3 is 2.74 bits per heavy atom. The number of carbonyl (C=O) groups is 2. The number of hydrogen-bond acceptors (Lipinski definition) is 2. The van der Waals surface area contributed by atoms with Crippen LogP contribution in [0.25, 0.3) is 0 Å². The Bertz CT molecular complexity index is 539. The fourth-order valence-corrected chi connectivity index (χ4v) is 2.56. The number of hydrogen-bond donors (Lipinski definition) is 2. The van der Waals surface area contributed by atoms with Crippen molar-refractivity contribution in [1.82, 2.24) is 0 Å². The Kier molecular flexibility index (Phi) is 4.57. The van der Waals surface area contributed by atoms with E-state index in [4.69, 9.17) is 5.11 Å². The van der Waals surface area contributed by atoms with Crippen LogP contribution >= 0.6 is 22.6 Å². The molecule has 1 amide bonds. The third-order valence-electron chi connectivity index (χ3n) is 3.11. The molecule has 0 heterocycles. The van der Waals surface area contributed by atoms with Gasteiger partial charge in [-0.1, -0.05) is 12.2 Å². The molecule has 2 rings (SSSR count). The molecule has 5 heteroatoms. The number of carbonyl (C=O) groups excluding carboxylic acids is 1. The number of nitrogens with one attached hydrogen (secondary N) is 1. The molecular weight excluding hydrogens is 357 g/mol. The maximum Gasteiger partial charge on any atom is 0.337 e. The van der Waals surface area contributed by atoms with E-state index in [2.05, 4.69) is 11.4 Å². The minimum atomic E-state index is -1.03. The van der Waals surface area contributed by atoms with Crippen LogP contribution in [0.5, 0.6) is 0 Å². The Hall–Kier alpha value is -1.37. The molecule has 4 nitrogen and oxygen atoms in total. The molecule has 1 atom stereocenters. The van der Waals surface area contributed by atoms with Crippen LogP contribution in [-0.2, 0) is 4.79 Å². The molecule has 0 bridgehead atoms. The van der Waals surface area contributed by atoms with Crippen molar-refractivity contribution in [3.05, 3.63) is 39.5 Å². The lowest BCUT2D eigenvalue weighted by Gasteiger charge is -2.18. The fraction of sp³-hybridized carbons (Fsp3) is 0.286. The molecule has 0 saturated heterocycles. The maximum atomic E-state index is 12.1. The molecule has 0 aromatic heterocycles. The largest absolute Gasteiger partial charge is 0.478 e. The summed E-state index contributed by atoms with van der Waals surface area (Å²) >= 11 is 2.05. The molecule has 1 aliphatic carbocycles. The van der Waals surface area contributed by atoms with Crippen LogP contribution in [0.4, 0.5) is 5.69 Å². The van der Waals surface area contributed by atoms with Gasteiger partial charge in [0.15, 0.2) is 0 Å². The van der Waals surface area contributed by atoms with Gasteiger partial charge in [0.1, 0.15) is 0 Å². The summed E-state index contributed by atoms with van der Waals surface area (Å²) < 4.78 is 0.827. The second-order valence-electron chi connectivity index (χ2n) is 4.47. The first kappa shape index (κ1) is 14.0. The van der Waals surface area contributed by atoms with E-state index in [0.717, 1.165) is 22.8 Å². The molecule has 1 aromatic carbocycles. The number of rotatable bonds is 3. The molecule has 1 unspecified atom stereocenters. The van der Waals surface area contributed by atoms with E-state index in [1.165, 1.54) is 0 Å². The molecule has 0 saturated carbocycles. The van der Waals surface area contributed by atoms with Crippen LogP contribution in [-0.4, -0.2) is 17.0 Å². The van der Waals surface area contributed by atoms with Gasteiger partial charge in [0.05, 0.1) is 11.3 Å². The van der Waals surface area contributed by atoms with Gasteiger partial charge in [-0.25, -0.2) is 4.79 Å². The molecular formula is C14H14INO3. The van der Waals surface area contributed by atoms with Crippen molar-refractivity contribution in [2.75, 3.05) is 5.32 Å².